The van der Waals surface area contributed by atoms with Gasteiger partial charge in [-0.15, -0.1) is 0 Å². The van der Waals surface area contributed by atoms with E-state index in [2.05, 4.69) is 4.98 Å². The molecule has 0 radical (unpaired) electrons. The van der Waals surface area contributed by atoms with Gasteiger partial charge in [0.2, 0.25) is 0 Å². The van der Waals surface area contributed by atoms with E-state index in [0.29, 0.717) is 16.4 Å². The molecule has 0 N–H and O–H groups in total. The lowest BCUT2D eigenvalue weighted by Gasteiger charge is -2.03. The molecule has 0 amide bonds. The van der Waals surface area contributed by atoms with Crippen LogP contribution in [-0.4, -0.2) is 9.38 Å². The lowest BCUT2D eigenvalue weighted by atomic mass is 10.2. The summed E-state index contributed by atoms with van der Waals surface area (Å²) in [5.74, 6) is 0.228. The molecular formula is C13H8ClFN2. The van der Waals surface area contributed by atoms with E-state index in [1.54, 1.807) is 12.3 Å². The number of hydrogen-bond acceptors (Lipinski definition) is 1. The Morgan fingerprint density at radius 3 is 2.94 bits per heavy atom. The van der Waals surface area contributed by atoms with E-state index in [9.17, 15) is 4.39 Å². The number of rotatable bonds is 1. The Morgan fingerprint density at radius 2 is 2.06 bits per heavy atom. The molecule has 0 bridgehead atoms. The third kappa shape index (κ3) is 1.68. The van der Waals surface area contributed by atoms with Crippen molar-refractivity contribution in [2.24, 2.45) is 0 Å². The number of fused-ring (bicyclic) bond motifs is 1. The summed E-state index contributed by atoms with van der Waals surface area (Å²) < 4.78 is 15.6. The number of benzene rings is 1. The van der Waals surface area contributed by atoms with Crippen LogP contribution in [0.15, 0.2) is 48.8 Å². The highest BCUT2D eigenvalue weighted by Crippen LogP contribution is 2.25. The van der Waals surface area contributed by atoms with Gasteiger partial charge >= 0.3 is 0 Å². The largest absolute Gasteiger partial charge is 0.300 e. The van der Waals surface area contributed by atoms with Crippen molar-refractivity contribution in [1.29, 1.82) is 0 Å². The van der Waals surface area contributed by atoms with E-state index in [1.807, 2.05) is 28.8 Å². The minimum absolute atomic E-state index is 0.328. The maximum Gasteiger partial charge on any atom is 0.147 e. The first-order valence-electron chi connectivity index (χ1n) is 5.13. The van der Waals surface area contributed by atoms with Gasteiger partial charge in [0.15, 0.2) is 0 Å². The van der Waals surface area contributed by atoms with E-state index in [4.69, 9.17) is 11.6 Å². The van der Waals surface area contributed by atoms with Crippen LogP contribution in [-0.2, 0) is 0 Å². The van der Waals surface area contributed by atoms with Gasteiger partial charge in [-0.3, -0.25) is 4.40 Å². The summed E-state index contributed by atoms with van der Waals surface area (Å²) in [4.78, 5) is 4.23. The number of aromatic nitrogens is 2. The normalized spacial score (nSPS) is 10.9. The van der Waals surface area contributed by atoms with Gasteiger partial charge in [0, 0.05) is 11.2 Å². The van der Waals surface area contributed by atoms with E-state index >= 15 is 0 Å². The molecule has 4 heteroatoms. The van der Waals surface area contributed by atoms with Crippen LogP contribution in [0.5, 0.6) is 0 Å². The van der Waals surface area contributed by atoms with Crippen molar-refractivity contribution in [3.05, 3.63) is 59.6 Å². The quantitative estimate of drug-likeness (QED) is 0.639. The summed E-state index contributed by atoms with van der Waals surface area (Å²) in [6.45, 7) is 0. The molecule has 3 aromatic rings. The van der Waals surface area contributed by atoms with Gasteiger partial charge in [0.25, 0.3) is 0 Å². The second-order valence-electron chi connectivity index (χ2n) is 3.70. The fourth-order valence-corrected chi connectivity index (χ4v) is 1.98. The lowest BCUT2D eigenvalue weighted by Crippen LogP contribution is -1.91. The highest BCUT2D eigenvalue weighted by molar-refractivity contribution is 6.30. The van der Waals surface area contributed by atoms with E-state index < -0.39 is 0 Å². The molecule has 1 aromatic carbocycles. The highest BCUT2D eigenvalue weighted by Gasteiger charge is 2.11. The molecule has 2 aromatic heterocycles. The summed E-state index contributed by atoms with van der Waals surface area (Å²) >= 11 is 5.88. The maximum absolute atomic E-state index is 13.7. The van der Waals surface area contributed by atoms with Gasteiger partial charge in [-0.05, 0) is 30.3 Å². The minimum Gasteiger partial charge on any atom is -0.300 e. The second kappa shape index (κ2) is 3.86. The molecule has 0 saturated heterocycles. The third-order valence-corrected chi connectivity index (χ3v) is 2.84. The summed E-state index contributed by atoms with van der Waals surface area (Å²) in [5, 5.41) is 0.495. The summed E-state index contributed by atoms with van der Waals surface area (Å²) in [5.41, 5.74) is 1.32. The van der Waals surface area contributed by atoms with Gasteiger partial charge in [0.05, 0.1) is 17.3 Å². The van der Waals surface area contributed by atoms with Gasteiger partial charge in [-0.25, -0.2) is 9.37 Å². The first-order chi connectivity index (χ1) is 8.25. The zero-order valence-corrected chi connectivity index (χ0v) is 9.53. The van der Waals surface area contributed by atoms with Crippen molar-refractivity contribution in [2.75, 3.05) is 0 Å². The topological polar surface area (TPSA) is 17.3 Å². The first kappa shape index (κ1) is 10.3. The molecule has 2 heterocycles. The summed E-state index contributed by atoms with van der Waals surface area (Å²) in [7, 11) is 0. The summed E-state index contributed by atoms with van der Waals surface area (Å²) in [6, 6.07) is 10.2. The Morgan fingerprint density at radius 1 is 1.18 bits per heavy atom. The zero-order valence-electron chi connectivity index (χ0n) is 8.77. The molecule has 0 unspecified atom stereocenters. The zero-order chi connectivity index (χ0) is 11.8. The number of halogens is 2. The fourth-order valence-electron chi connectivity index (χ4n) is 1.81. The lowest BCUT2D eigenvalue weighted by molar-refractivity contribution is 0.630. The second-order valence-corrected chi connectivity index (χ2v) is 4.14. The van der Waals surface area contributed by atoms with Crippen LogP contribution < -0.4 is 0 Å². The molecule has 17 heavy (non-hydrogen) atoms. The van der Waals surface area contributed by atoms with E-state index in [0.717, 1.165) is 5.52 Å². The standard InChI is InChI=1S/C13H8ClFN2/c14-9-4-5-12(15)11(7-9)13-16-8-10-3-1-2-6-17(10)13/h1-8H. The molecule has 84 valence electrons. The van der Waals surface area contributed by atoms with Gasteiger partial charge in [-0.1, -0.05) is 17.7 Å². The van der Waals surface area contributed by atoms with Crippen LogP contribution in [0.2, 0.25) is 5.02 Å². The summed E-state index contributed by atoms with van der Waals surface area (Å²) in [6.07, 6.45) is 3.55. The molecule has 0 aliphatic heterocycles. The van der Waals surface area contributed by atoms with Crippen LogP contribution in [0.25, 0.3) is 16.9 Å². The maximum atomic E-state index is 13.7. The van der Waals surface area contributed by atoms with Gasteiger partial charge < -0.3 is 0 Å². The van der Waals surface area contributed by atoms with Crippen molar-refractivity contribution in [3.8, 4) is 11.4 Å². The van der Waals surface area contributed by atoms with Crippen LogP contribution in [0, 0.1) is 5.82 Å². The minimum atomic E-state index is -0.328. The van der Waals surface area contributed by atoms with E-state index in [1.165, 1.54) is 12.1 Å². The molecule has 0 aliphatic rings. The molecule has 0 saturated carbocycles. The Hall–Kier alpha value is -1.87. The molecule has 0 atom stereocenters. The van der Waals surface area contributed by atoms with Crippen LogP contribution in [0.4, 0.5) is 4.39 Å². The number of nitrogens with zero attached hydrogens (tertiary/aromatic N) is 2. The molecule has 0 fully saturated rings. The van der Waals surface area contributed by atoms with Crippen LogP contribution in [0.1, 0.15) is 0 Å². The van der Waals surface area contributed by atoms with Crippen molar-refractivity contribution in [3.63, 3.8) is 0 Å². The predicted octanol–water partition coefficient (Wildman–Crippen LogP) is 3.79. The Bertz CT molecular complexity index is 691. The Kier molecular flexibility index (Phi) is 2.34. The van der Waals surface area contributed by atoms with Gasteiger partial charge in [-0.2, -0.15) is 0 Å². The molecular weight excluding hydrogens is 239 g/mol. The van der Waals surface area contributed by atoms with E-state index in [-0.39, 0.29) is 5.82 Å². The number of imidazole rings is 1. The molecule has 0 aliphatic carbocycles. The molecule has 0 spiro atoms. The van der Waals surface area contributed by atoms with Crippen LogP contribution >= 0.6 is 11.6 Å². The first-order valence-corrected chi connectivity index (χ1v) is 5.51. The SMILES string of the molecule is Fc1ccc(Cl)cc1-c1ncc2ccccn12. The van der Waals surface area contributed by atoms with Gasteiger partial charge in [0.1, 0.15) is 11.6 Å². The average molecular weight is 247 g/mol. The fraction of sp³-hybridized carbons (Fsp3) is 0. The molecule has 2 nitrogen and oxygen atoms in total. The Labute approximate surface area is 102 Å². The average Bonchev–Trinajstić information content (AvgIpc) is 2.76. The highest BCUT2D eigenvalue weighted by atomic mass is 35.5. The van der Waals surface area contributed by atoms with Crippen LogP contribution in [0.3, 0.4) is 0 Å². The monoisotopic (exact) mass is 246 g/mol. The van der Waals surface area contributed by atoms with Crippen molar-refractivity contribution in [2.45, 2.75) is 0 Å². The van der Waals surface area contributed by atoms with Crippen molar-refractivity contribution >= 4 is 17.1 Å². The number of pyridine rings is 1. The third-order valence-electron chi connectivity index (χ3n) is 2.61. The Balaban J connectivity index is 2.31. The van der Waals surface area contributed by atoms with Crippen molar-refractivity contribution in [1.82, 2.24) is 9.38 Å². The smallest absolute Gasteiger partial charge is 0.147 e. The number of hydrogen-bond donors (Lipinski definition) is 0. The molecule has 3 rings (SSSR count). The van der Waals surface area contributed by atoms with Crippen molar-refractivity contribution < 1.29 is 4.39 Å². The predicted molar refractivity (Wildman–Crippen MR) is 65.6 cm³/mol.